The number of aryl methyl sites for hydroxylation is 1. The van der Waals surface area contributed by atoms with E-state index in [1.165, 1.54) is 88.7 Å². The van der Waals surface area contributed by atoms with E-state index in [0.717, 1.165) is 12.8 Å². The van der Waals surface area contributed by atoms with E-state index < -0.39 is 0 Å². The lowest BCUT2D eigenvalue weighted by atomic mass is 9.99. The van der Waals surface area contributed by atoms with Crippen molar-refractivity contribution in [1.29, 1.82) is 0 Å². The van der Waals surface area contributed by atoms with E-state index >= 15 is 0 Å². The zero-order valence-electron chi connectivity index (χ0n) is 27.7. The van der Waals surface area contributed by atoms with Gasteiger partial charge in [-0.25, -0.2) is 0 Å². The van der Waals surface area contributed by atoms with E-state index in [1.807, 2.05) is 34.0 Å². The molecule has 1 aliphatic heterocycles. The molecule has 0 saturated carbocycles. The minimum Gasteiger partial charge on any atom is -0.279 e. The van der Waals surface area contributed by atoms with Crippen molar-refractivity contribution in [3.8, 4) is 11.1 Å². The van der Waals surface area contributed by atoms with Crippen LogP contribution in [0.25, 0.3) is 67.6 Å². The molecule has 3 aromatic heterocycles. The first-order chi connectivity index (χ1) is 25.2. The first-order valence-electron chi connectivity index (χ1n) is 17.7. The van der Waals surface area contributed by atoms with E-state index in [0.29, 0.717) is 0 Å². The van der Waals surface area contributed by atoms with Crippen LogP contribution >= 0.6 is 34.0 Å². The van der Waals surface area contributed by atoms with Gasteiger partial charge >= 0.3 is 0 Å². The Hall–Kier alpha value is -4.66. The van der Waals surface area contributed by atoms with Gasteiger partial charge in [0.05, 0.1) is 18.5 Å². The minimum atomic E-state index is -0.0409. The van der Waals surface area contributed by atoms with Gasteiger partial charge in [0.2, 0.25) is 0 Å². The predicted octanol–water partition coefficient (Wildman–Crippen LogP) is 12.4. The fourth-order valence-corrected chi connectivity index (χ4v) is 11.8. The Labute approximate surface area is 307 Å². The van der Waals surface area contributed by atoms with Gasteiger partial charge in [0.1, 0.15) is 0 Å². The maximum atomic E-state index is 3.95. The lowest BCUT2D eigenvalue weighted by Crippen LogP contribution is -2.54. The molecule has 6 heteroatoms. The smallest absolute Gasteiger partial charge is 0.0865 e. The average Bonchev–Trinajstić information content (AvgIpc) is 3.88. The molecule has 1 saturated heterocycles. The summed E-state index contributed by atoms with van der Waals surface area (Å²) >= 11 is 5.71. The molecule has 51 heavy (non-hydrogen) atoms. The summed E-state index contributed by atoms with van der Waals surface area (Å²) in [6.07, 6.45) is 6.82. The number of hydrogen-bond donors (Lipinski definition) is 3. The summed E-state index contributed by atoms with van der Waals surface area (Å²) < 4.78 is 6.72. The Morgan fingerprint density at radius 2 is 1.18 bits per heavy atom. The Morgan fingerprint density at radius 3 is 2.08 bits per heavy atom. The summed E-state index contributed by atoms with van der Waals surface area (Å²) in [4.78, 5) is 1.42. The van der Waals surface area contributed by atoms with Crippen LogP contribution < -0.4 is 16.0 Å². The maximum Gasteiger partial charge on any atom is 0.0865 e. The van der Waals surface area contributed by atoms with E-state index in [4.69, 9.17) is 0 Å². The standard InChI is InChI=1S/C45H33N3S3/c1-2-9-26(10-3-1)43-46-44(48-45(47-43)29-18-21-33-31-11-4-6-15-37(31)49-41(33)25-29)28-19-22-39-36(23-28)34-20-17-27(24-40(34)50-39)30-13-8-14-35-32-12-5-7-16-38(32)51-42(30)35/h1-3,5-10,12-25,43-48H,4,11H2. The lowest BCUT2D eigenvalue weighted by molar-refractivity contribution is 0.203. The van der Waals surface area contributed by atoms with Crippen molar-refractivity contribution in [2.75, 3.05) is 0 Å². The first kappa shape index (κ1) is 30.0. The fraction of sp³-hybridized carbons (Fsp3) is 0.111. The summed E-state index contributed by atoms with van der Waals surface area (Å²) in [7, 11) is 0. The molecule has 0 bridgehead atoms. The minimum absolute atomic E-state index is 0.00768. The van der Waals surface area contributed by atoms with Crippen molar-refractivity contribution < 1.29 is 0 Å². The normalized spacial score (nSPS) is 19.1. The van der Waals surface area contributed by atoms with Crippen molar-refractivity contribution >= 4 is 90.5 Å². The van der Waals surface area contributed by atoms with Crippen LogP contribution in [0, 0.1) is 0 Å². The maximum absolute atomic E-state index is 3.95. The monoisotopic (exact) mass is 711 g/mol. The van der Waals surface area contributed by atoms with Crippen LogP contribution in [0.5, 0.6) is 0 Å². The molecule has 4 heterocycles. The molecule has 3 unspecified atom stereocenters. The highest BCUT2D eigenvalue weighted by molar-refractivity contribution is 7.26. The highest BCUT2D eigenvalue weighted by Gasteiger charge is 2.30. The second-order valence-corrected chi connectivity index (χ2v) is 16.9. The molecule has 11 rings (SSSR count). The summed E-state index contributed by atoms with van der Waals surface area (Å²) in [5.74, 6) is 0. The van der Waals surface area contributed by atoms with Crippen LogP contribution in [0.2, 0.25) is 0 Å². The molecular formula is C45H33N3S3. The average molecular weight is 712 g/mol. The molecule has 3 atom stereocenters. The number of thiophene rings is 3. The van der Waals surface area contributed by atoms with Gasteiger partial charge in [-0.3, -0.25) is 16.0 Å². The molecule has 1 fully saturated rings. The third-order valence-corrected chi connectivity index (χ3v) is 14.2. The van der Waals surface area contributed by atoms with Gasteiger partial charge in [-0.2, -0.15) is 0 Å². The van der Waals surface area contributed by atoms with E-state index in [9.17, 15) is 0 Å². The van der Waals surface area contributed by atoms with Crippen LogP contribution in [-0.4, -0.2) is 0 Å². The second-order valence-electron chi connectivity index (χ2n) is 13.7. The molecular weight excluding hydrogens is 679 g/mol. The molecule has 3 N–H and O–H groups in total. The van der Waals surface area contributed by atoms with Crippen molar-refractivity contribution in [2.24, 2.45) is 0 Å². The number of allylic oxidation sites excluding steroid dienone is 1. The van der Waals surface area contributed by atoms with Gasteiger partial charge < -0.3 is 0 Å². The Bertz CT molecular complexity index is 2820. The van der Waals surface area contributed by atoms with Gasteiger partial charge in [0, 0.05) is 49.9 Å². The van der Waals surface area contributed by atoms with Crippen LogP contribution in [0.3, 0.4) is 0 Å². The van der Waals surface area contributed by atoms with Crippen LogP contribution in [0.4, 0.5) is 0 Å². The van der Waals surface area contributed by atoms with E-state index in [2.05, 4.69) is 155 Å². The molecule has 1 aliphatic carbocycles. The van der Waals surface area contributed by atoms with Gasteiger partial charge in [0.25, 0.3) is 0 Å². The zero-order valence-corrected chi connectivity index (χ0v) is 30.1. The molecule has 2 aliphatic rings. The summed E-state index contributed by atoms with van der Waals surface area (Å²) in [5, 5.41) is 18.5. The molecule has 0 spiro atoms. The van der Waals surface area contributed by atoms with Crippen molar-refractivity contribution in [1.82, 2.24) is 16.0 Å². The third kappa shape index (κ3) is 5.01. The Morgan fingerprint density at radius 1 is 0.471 bits per heavy atom. The lowest BCUT2D eigenvalue weighted by Gasteiger charge is -2.39. The van der Waals surface area contributed by atoms with E-state index in [1.54, 1.807) is 0 Å². The molecule has 9 aromatic rings. The summed E-state index contributed by atoms with van der Waals surface area (Å²) in [6.45, 7) is 0. The highest BCUT2D eigenvalue weighted by Crippen LogP contribution is 2.43. The Kier molecular flexibility index (Phi) is 7.04. The van der Waals surface area contributed by atoms with Gasteiger partial charge in [0.15, 0.2) is 0 Å². The Balaban J connectivity index is 0.968. The predicted molar refractivity (Wildman–Crippen MR) is 221 cm³/mol. The zero-order chi connectivity index (χ0) is 33.5. The topological polar surface area (TPSA) is 36.1 Å². The SMILES string of the molecule is C1=Cc2sc3cc(C4NC(c5ccccc5)NC(c5ccc6sc7cc(-c8cccc9c8sc8ccccc89)ccc7c6c5)N4)ccc3c2CC1. The van der Waals surface area contributed by atoms with Gasteiger partial charge in [-0.1, -0.05) is 103 Å². The van der Waals surface area contributed by atoms with E-state index in [-0.39, 0.29) is 18.5 Å². The first-order valence-corrected chi connectivity index (χ1v) is 20.1. The fourth-order valence-electron chi connectivity index (χ4n) is 8.16. The molecule has 3 nitrogen and oxygen atoms in total. The van der Waals surface area contributed by atoms with Crippen molar-refractivity contribution in [2.45, 2.75) is 31.3 Å². The largest absolute Gasteiger partial charge is 0.279 e. The quantitative estimate of drug-likeness (QED) is 0.170. The molecule has 0 amide bonds. The molecule has 0 radical (unpaired) electrons. The van der Waals surface area contributed by atoms with Gasteiger partial charge in [-0.15, -0.1) is 34.0 Å². The van der Waals surface area contributed by atoms with Crippen LogP contribution in [0.1, 0.15) is 52.0 Å². The molecule has 6 aromatic carbocycles. The second kappa shape index (κ2) is 12.0. The van der Waals surface area contributed by atoms with Crippen LogP contribution in [0.15, 0.2) is 133 Å². The molecule has 246 valence electrons. The number of nitrogens with one attached hydrogen (secondary N) is 3. The summed E-state index contributed by atoms with van der Waals surface area (Å²) in [5.41, 5.74) is 7.84. The number of benzene rings is 6. The summed E-state index contributed by atoms with van der Waals surface area (Å²) in [6, 6.07) is 47.4. The highest BCUT2D eigenvalue weighted by atomic mass is 32.1. The number of rotatable bonds is 4. The third-order valence-electron chi connectivity index (χ3n) is 10.7. The van der Waals surface area contributed by atoms with Crippen LogP contribution in [-0.2, 0) is 6.42 Å². The van der Waals surface area contributed by atoms with Crippen molar-refractivity contribution in [3.05, 3.63) is 161 Å². The van der Waals surface area contributed by atoms with Crippen molar-refractivity contribution in [3.63, 3.8) is 0 Å². The van der Waals surface area contributed by atoms with Gasteiger partial charge in [-0.05, 0) is 88.0 Å². The number of fused-ring (bicyclic) bond motifs is 9. The number of hydrogen-bond acceptors (Lipinski definition) is 6.